The maximum atomic E-state index is 13.2. The number of nitrogens with zero attached hydrogens (tertiary/aromatic N) is 3. The van der Waals surface area contributed by atoms with Crippen LogP contribution in [-0.4, -0.2) is 77.9 Å². The first kappa shape index (κ1) is 29.7. The summed E-state index contributed by atoms with van der Waals surface area (Å²) >= 11 is 1.36. The Labute approximate surface area is 251 Å². The lowest BCUT2D eigenvalue weighted by atomic mass is 10.0. The molecule has 1 atom stereocenters. The van der Waals surface area contributed by atoms with Gasteiger partial charge in [-0.25, -0.2) is 4.98 Å². The fraction of sp³-hybridized carbons (Fsp3) is 0.438. The summed E-state index contributed by atoms with van der Waals surface area (Å²) < 4.78 is 5.54. The Morgan fingerprint density at radius 1 is 1.02 bits per heavy atom. The minimum Gasteiger partial charge on any atom is -0.496 e. The quantitative estimate of drug-likeness (QED) is 0.370. The van der Waals surface area contributed by atoms with E-state index in [1.165, 1.54) is 16.9 Å². The van der Waals surface area contributed by atoms with Gasteiger partial charge < -0.3 is 15.0 Å². The minimum atomic E-state index is -0.273. The molecule has 0 aliphatic carbocycles. The number of aromatic nitrogens is 1. The molecule has 0 bridgehead atoms. The molecule has 42 heavy (non-hydrogen) atoms. The average Bonchev–Trinajstić information content (AvgIpc) is 3.66. The molecule has 0 radical (unpaired) electrons. The number of aryl methyl sites for hydroxylation is 1. The standard InChI is InChI=1S/C32H39N5O4S/c1-4-5-22-6-11-29(41-3)27(18-22)28-20-42-32(34-28)35-30(39)23-7-9-24(10-8-23)31(40)36-16-13-26(14-17-36)37-15-12-25(19-37)33-21(2)38/h6-11,18,20,25-26H,4-5,12-17,19H2,1-3H3,(H,33,38)(H,34,35,39)/t25-/m1/s1. The van der Waals surface area contributed by atoms with Gasteiger partial charge in [0.05, 0.1) is 12.8 Å². The van der Waals surface area contributed by atoms with Crippen molar-refractivity contribution >= 4 is 34.2 Å². The number of methoxy groups -OCH3 is 1. The summed E-state index contributed by atoms with van der Waals surface area (Å²) in [7, 11) is 1.64. The molecular formula is C32H39N5O4S. The van der Waals surface area contributed by atoms with Crippen molar-refractivity contribution in [3.05, 3.63) is 64.5 Å². The van der Waals surface area contributed by atoms with Crippen molar-refractivity contribution in [2.45, 2.75) is 58.0 Å². The number of rotatable bonds is 9. The first-order chi connectivity index (χ1) is 20.3. The number of amides is 3. The first-order valence-corrected chi connectivity index (χ1v) is 15.6. The summed E-state index contributed by atoms with van der Waals surface area (Å²) in [4.78, 5) is 46.5. The van der Waals surface area contributed by atoms with Crippen LogP contribution in [0.25, 0.3) is 11.3 Å². The van der Waals surface area contributed by atoms with E-state index in [9.17, 15) is 14.4 Å². The van der Waals surface area contributed by atoms with Crippen molar-refractivity contribution in [3.8, 4) is 17.0 Å². The van der Waals surface area contributed by atoms with Gasteiger partial charge >= 0.3 is 0 Å². The number of piperidine rings is 1. The van der Waals surface area contributed by atoms with E-state index in [1.807, 2.05) is 16.3 Å². The third-order valence-corrected chi connectivity index (χ3v) is 8.85. The molecule has 3 heterocycles. The normalized spacial score (nSPS) is 17.7. The number of carbonyl (C=O) groups excluding carboxylic acids is 3. The molecule has 3 amide bonds. The van der Waals surface area contributed by atoms with E-state index in [-0.39, 0.29) is 23.8 Å². The van der Waals surface area contributed by atoms with Crippen molar-refractivity contribution in [1.82, 2.24) is 20.1 Å². The fourth-order valence-corrected chi connectivity index (χ4v) is 6.63. The van der Waals surface area contributed by atoms with E-state index >= 15 is 0 Å². The number of benzene rings is 2. The largest absolute Gasteiger partial charge is 0.496 e. The molecule has 2 N–H and O–H groups in total. The smallest absolute Gasteiger partial charge is 0.257 e. The molecule has 0 saturated carbocycles. The Hall–Kier alpha value is -3.76. The van der Waals surface area contributed by atoms with Gasteiger partial charge in [-0.15, -0.1) is 11.3 Å². The molecule has 10 heteroatoms. The maximum Gasteiger partial charge on any atom is 0.257 e. The second-order valence-electron chi connectivity index (χ2n) is 11.1. The molecule has 2 aliphatic heterocycles. The van der Waals surface area contributed by atoms with Crippen LogP contribution < -0.4 is 15.4 Å². The Bertz CT molecular complexity index is 1410. The number of ether oxygens (including phenoxy) is 1. The number of likely N-dealkylation sites (tertiary alicyclic amines) is 2. The lowest BCUT2D eigenvalue weighted by molar-refractivity contribution is -0.119. The molecule has 222 valence electrons. The number of nitrogens with one attached hydrogen (secondary N) is 2. The van der Waals surface area contributed by atoms with Crippen LogP contribution in [0.4, 0.5) is 5.13 Å². The van der Waals surface area contributed by atoms with Crippen molar-refractivity contribution in [2.24, 2.45) is 0 Å². The number of hydrogen-bond donors (Lipinski definition) is 2. The van der Waals surface area contributed by atoms with Crippen LogP contribution in [0.3, 0.4) is 0 Å². The summed E-state index contributed by atoms with van der Waals surface area (Å²) in [5.74, 6) is 0.481. The molecule has 2 aliphatic rings. The van der Waals surface area contributed by atoms with Crippen LogP contribution in [0.15, 0.2) is 47.8 Å². The zero-order chi connectivity index (χ0) is 29.6. The van der Waals surface area contributed by atoms with Gasteiger partial charge in [0.2, 0.25) is 5.91 Å². The van der Waals surface area contributed by atoms with Gasteiger partial charge in [-0.1, -0.05) is 19.4 Å². The van der Waals surface area contributed by atoms with Crippen LogP contribution in [0.2, 0.25) is 0 Å². The van der Waals surface area contributed by atoms with Gasteiger partial charge in [-0.2, -0.15) is 0 Å². The number of carbonyl (C=O) groups is 3. The Balaban J connectivity index is 1.15. The highest BCUT2D eigenvalue weighted by atomic mass is 32.1. The van der Waals surface area contributed by atoms with E-state index in [4.69, 9.17) is 4.74 Å². The van der Waals surface area contributed by atoms with Gasteiger partial charge in [0, 0.05) is 67.3 Å². The highest BCUT2D eigenvalue weighted by Gasteiger charge is 2.32. The van der Waals surface area contributed by atoms with E-state index in [0.717, 1.165) is 62.2 Å². The second-order valence-corrected chi connectivity index (χ2v) is 11.9. The lowest BCUT2D eigenvalue weighted by Crippen LogP contribution is -2.47. The number of thiazole rings is 1. The Morgan fingerprint density at radius 3 is 2.45 bits per heavy atom. The van der Waals surface area contributed by atoms with Crippen LogP contribution in [0.1, 0.15) is 65.8 Å². The molecule has 2 fully saturated rings. The highest BCUT2D eigenvalue weighted by molar-refractivity contribution is 7.14. The summed E-state index contributed by atoms with van der Waals surface area (Å²) in [5.41, 5.74) is 3.92. The molecule has 0 unspecified atom stereocenters. The van der Waals surface area contributed by atoms with Gasteiger partial charge in [0.15, 0.2) is 5.13 Å². The van der Waals surface area contributed by atoms with Gasteiger partial charge in [0.25, 0.3) is 11.8 Å². The third-order valence-electron chi connectivity index (χ3n) is 8.09. The molecule has 5 rings (SSSR count). The summed E-state index contributed by atoms with van der Waals surface area (Å²) in [6, 6.07) is 13.6. The topological polar surface area (TPSA) is 104 Å². The van der Waals surface area contributed by atoms with Gasteiger partial charge in [-0.05, 0) is 67.6 Å². The van der Waals surface area contributed by atoms with Crippen molar-refractivity contribution in [1.29, 1.82) is 0 Å². The van der Waals surface area contributed by atoms with Crippen molar-refractivity contribution < 1.29 is 19.1 Å². The minimum absolute atomic E-state index is 0.0123. The number of anilines is 1. The lowest BCUT2D eigenvalue weighted by Gasteiger charge is -2.36. The Kier molecular flexibility index (Phi) is 9.54. The van der Waals surface area contributed by atoms with Crippen LogP contribution in [-0.2, 0) is 11.2 Å². The summed E-state index contributed by atoms with van der Waals surface area (Å²) in [6.45, 7) is 6.97. The first-order valence-electron chi connectivity index (χ1n) is 14.7. The van der Waals surface area contributed by atoms with Gasteiger partial charge in [0.1, 0.15) is 5.75 Å². The van der Waals surface area contributed by atoms with Crippen LogP contribution in [0, 0.1) is 0 Å². The van der Waals surface area contributed by atoms with E-state index in [0.29, 0.717) is 35.4 Å². The highest BCUT2D eigenvalue weighted by Crippen LogP contribution is 2.33. The molecule has 2 aromatic carbocycles. The van der Waals surface area contributed by atoms with E-state index < -0.39 is 0 Å². The fourth-order valence-electron chi connectivity index (χ4n) is 5.93. The second kappa shape index (κ2) is 13.5. The van der Waals surface area contributed by atoms with E-state index in [1.54, 1.807) is 38.3 Å². The summed E-state index contributed by atoms with van der Waals surface area (Å²) in [5, 5.41) is 8.33. The molecule has 3 aromatic rings. The predicted molar refractivity (Wildman–Crippen MR) is 165 cm³/mol. The Morgan fingerprint density at radius 2 is 1.76 bits per heavy atom. The SMILES string of the molecule is CCCc1ccc(OC)c(-c2csc(NC(=O)c3ccc(C(=O)N4CCC(N5CC[C@@H](NC(C)=O)C5)CC4)cc3)n2)c1. The average molecular weight is 590 g/mol. The summed E-state index contributed by atoms with van der Waals surface area (Å²) in [6.07, 6.45) is 4.84. The molecule has 0 spiro atoms. The van der Waals surface area contributed by atoms with Crippen molar-refractivity contribution in [2.75, 3.05) is 38.6 Å². The monoisotopic (exact) mass is 589 g/mol. The zero-order valence-electron chi connectivity index (χ0n) is 24.5. The van der Waals surface area contributed by atoms with Crippen LogP contribution >= 0.6 is 11.3 Å². The molecule has 9 nitrogen and oxygen atoms in total. The number of hydrogen-bond acceptors (Lipinski definition) is 7. The predicted octanol–water partition coefficient (Wildman–Crippen LogP) is 4.84. The maximum absolute atomic E-state index is 13.2. The molecule has 2 saturated heterocycles. The zero-order valence-corrected chi connectivity index (χ0v) is 25.3. The molecule has 1 aromatic heterocycles. The van der Waals surface area contributed by atoms with Crippen molar-refractivity contribution in [3.63, 3.8) is 0 Å². The molecular weight excluding hydrogens is 550 g/mol. The third kappa shape index (κ3) is 6.99. The van der Waals surface area contributed by atoms with Gasteiger partial charge in [-0.3, -0.25) is 24.6 Å². The van der Waals surface area contributed by atoms with E-state index in [2.05, 4.69) is 39.6 Å². The van der Waals surface area contributed by atoms with Crippen LogP contribution in [0.5, 0.6) is 5.75 Å².